The normalized spacial score (nSPS) is 11.4. The van der Waals surface area contributed by atoms with E-state index in [1.54, 1.807) is 31.2 Å². The Kier molecular flexibility index (Phi) is 8.34. The largest absolute Gasteiger partial charge is 0.496 e. The van der Waals surface area contributed by atoms with Crippen molar-refractivity contribution < 1.29 is 33.4 Å². The van der Waals surface area contributed by atoms with E-state index >= 15 is 0 Å². The monoisotopic (exact) mass is 417 g/mol. The van der Waals surface area contributed by atoms with Gasteiger partial charge in [-0.1, -0.05) is 24.3 Å². The number of ether oxygens (including phenoxy) is 2. The van der Waals surface area contributed by atoms with Crippen molar-refractivity contribution in [2.24, 2.45) is 0 Å². The molecule has 8 heteroatoms. The fourth-order valence-electron chi connectivity index (χ4n) is 2.93. The van der Waals surface area contributed by atoms with Crippen molar-refractivity contribution in [1.29, 1.82) is 0 Å². The molecule has 2 rings (SSSR count). The number of hydrogen-bond donors (Lipinski definition) is 2. The third-order valence-electron chi connectivity index (χ3n) is 4.36. The summed E-state index contributed by atoms with van der Waals surface area (Å²) in [6.07, 6.45) is -0.612. The zero-order valence-corrected chi connectivity index (χ0v) is 16.8. The molecule has 160 valence electrons. The predicted octanol–water partition coefficient (Wildman–Crippen LogP) is 3.48. The van der Waals surface area contributed by atoms with E-state index in [9.17, 15) is 18.8 Å². The fraction of sp³-hybridized carbons (Fsp3) is 0.318. The third kappa shape index (κ3) is 6.58. The van der Waals surface area contributed by atoms with Crippen molar-refractivity contribution in [3.63, 3.8) is 0 Å². The number of carboxylic acids is 1. The van der Waals surface area contributed by atoms with E-state index < -0.39 is 29.7 Å². The smallest absolute Gasteiger partial charge is 0.308 e. The molecule has 0 bridgehead atoms. The summed E-state index contributed by atoms with van der Waals surface area (Å²) in [4.78, 5) is 34.7. The highest BCUT2D eigenvalue weighted by Gasteiger charge is 2.20. The molecule has 2 aromatic carbocycles. The van der Waals surface area contributed by atoms with Crippen molar-refractivity contribution in [3.05, 3.63) is 53.8 Å². The molecule has 0 saturated heterocycles. The second-order valence-electron chi connectivity index (χ2n) is 6.49. The zero-order valence-electron chi connectivity index (χ0n) is 16.8. The Morgan fingerprint density at radius 2 is 1.80 bits per heavy atom. The van der Waals surface area contributed by atoms with Gasteiger partial charge in [0.1, 0.15) is 11.6 Å². The molecule has 2 N–H and O–H groups in total. The summed E-state index contributed by atoms with van der Waals surface area (Å²) < 4.78 is 23.9. The van der Waals surface area contributed by atoms with Crippen molar-refractivity contribution >= 4 is 17.8 Å². The summed E-state index contributed by atoms with van der Waals surface area (Å²) in [5.74, 6) is -1.95. The number of hydrogen-bond acceptors (Lipinski definition) is 5. The van der Waals surface area contributed by atoms with Crippen molar-refractivity contribution in [2.75, 3.05) is 13.7 Å². The maximum atomic E-state index is 13.7. The Labute approximate surface area is 173 Å². The summed E-state index contributed by atoms with van der Waals surface area (Å²) >= 11 is 0. The standard InChI is InChI=1S/C22H24FNO6/c1-3-30-22(28)13-18(24-20(25)10-11-21(26)27)15-6-4-14(5-7-15)17-12-16(23)8-9-19(17)29-2/h4-9,12,18H,3,10-11,13H2,1-2H3,(H,24,25)(H,26,27). The molecule has 0 spiro atoms. The first-order valence-electron chi connectivity index (χ1n) is 9.44. The van der Waals surface area contributed by atoms with E-state index in [0.717, 1.165) is 0 Å². The molecule has 1 amide bonds. The number of halogens is 1. The number of carboxylic acid groups (broad SMARTS) is 1. The van der Waals surface area contributed by atoms with Crippen LogP contribution in [0.5, 0.6) is 5.75 Å². The molecule has 0 saturated carbocycles. The average molecular weight is 417 g/mol. The molecule has 7 nitrogen and oxygen atoms in total. The SMILES string of the molecule is CCOC(=O)CC(NC(=O)CCC(=O)O)c1ccc(-c2cc(F)ccc2OC)cc1. The first kappa shape index (κ1) is 22.9. The summed E-state index contributed by atoms with van der Waals surface area (Å²) in [5.41, 5.74) is 1.89. The number of benzene rings is 2. The Hall–Kier alpha value is -3.42. The second-order valence-corrected chi connectivity index (χ2v) is 6.49. The van der Waals surface area contributed by atoms with E-state index in [-0.39, 0.29) is 25.9 Å². The van der Waals surface area contributed by atoms with Crippen LogP contribution in [0.1, 0.15) is 37.8 Å². The molecule has 1 atom stereocenters. The van der Waals surface area contributed by atoms with Crippen LogP contribution < -0.4 is 10.1 Å². The van der Waals surface area contributed by atoms with E-state index in [1.165, 1.54) is 25.3 Å². The van der Waals surface area contributed by atoms with Gasteiger partial charge >= 0.3 is 11.9 Å². The molecule has 0 heterocycles. The zero-order chi connectivity index (χ0) is 22.1. The quantitative estimate of drug-likeness (QED) is 0.574. The predicted molar refractivity (Wildman–Crippen MR) is 107 cm³/mol. The van der Waals surface area contributed by atoms with Crippen LogP contribution >= 0.6 is 0 Å². The van der Waals surface area contributed by atoms with Gasteiger partial charge in [0, 0.05) is 12.0 Å². The Balaban J connectivity index is 2.25. The van der Waals surface area contributed by atoms with Gasteiger partial charge in [-0.05, 0) is 36.2 Å². The van der Waals surface area contributed by atoms with Crippen LogP contribution in [0.2, 0.25) is 0 Å². The van der Waals surface area contributed by atoms with Crippen LogP contribution in [0.15, 0.2) is 42.5 Å². The van der Waals surface area contributed by atoms with E-state index in [4.69, 9.17) is 14.6 Å². The molecular formula is C22H24FNO6. The van der Waals surface area contributed by atoms with Gasteiger partial charge in [0.15, 0.2) is 0 Å². The van der Waals surface area contributed by atoms with Crippen molar-refractivity contribution in [3.8, 4) is 16.9 Å². The second kappa shape index (κ2) is 10.9. The first-order valence-corrected chi connectivity index (χ1v) is 9.44. The topological polar surface area (TPSA) is 102 Å². The number of esters is 1. The lowest BCUT2D eigenvalue weighted by molar-refractivity contribution is -0.144. The number of nitrogens with one attached hydrogen (secondary N) is 1. The molecule has 0 aliphatic carbocycles. The van der Waals surface area contributed by atoms with E-state index in [2.05, 4.69) is 5.32 Å². The minimum atomic E-state index is -1.08. The molecule has 0 aliphatic rings. The lowest BCUT2D eigenvalue weighted by atomic mass is 9.98. The van der Waals surface area contributed by atoms with Gasteiger partial charge in [-0.15, -0.1) is 0 Å². The number of aliphatic carboxylic acids is 1. The minimum Gasteiger partial charge on any atom is -0.496 e. The summed E-state index contributed by atoms with van der Waals surface area (Å²) in [6.45, 7) is 1.89. The minimum absolute atomic E-state index is 0.102. The van der Waals surface area contributed by atoms with Gasteiger partial charge < -0.3 is 19.9 Å². The number of carbonyl (C=O) groups is 3. The van der Waals surface area contributed by atoms with Crippen LogP contribution in [0.3, 0.4) is 0 Å². The summed E-state index contributed by atoms with van der Waals surface area (Å²) in [5, 5.41) is 11.4. The maximum absolute atomic E-state index is 13.7. The van der Waals surface area contributed by atoms with Gasteiger partial charge in [-0.25, -0.2) is 4.39 Å². The molecule has 0 aromatic heterocycles. The van der Waals surface area contributed by atoms with E-state index in [0.29, 0.717) is 22.4 Å². The van der Waals surface area contributed by atoms with Crippen LogP contribution in [-0.4, -0.2) is 36.7 Å². The van der Waals surface area contributed by atoms with Gasteiger partial charge in [0.25, 0.3) is 0 Å². The van der Waals surface area contributed by atoms with Gasteiger partial charge in [0.05, 0.1) is 32.6 Å². The van der Waals surface area contributed by atoms with Crippen LogP contribution in [0.25, 0.3) is 11.1 Å². The van der Waals surface area contributed by atoms with Crippen molar-refractivity contribution in [2.45, 2.75) is 32.2 Å². The average Bonchev–Trinajstić information content (AvgIpc) is 2.72. The highest BCUT2D eigenvalue weighted by molar-refractivity contribution is 5.82. The molecular weight excluding hydrogens is 393 g/mol. The molecule has 30 heavy (non-hydrogen) atoms. The van der Waals surface area contributed by atoms with Gasteiger partial charge in [-0.3, -0.25) is 14.4 Å². The molecule has 1 unspecified atom stereocenters. The fourth-order valence-corrected chi connectivity index (χ4v) is 2.93. The number of methoxy groups -OCH3 is 1. The highest BCUT2D eigenvalue weighted by Crippen LogP contribution is 2.31. The Morgan fingerprint density at radius 3 is 2.40 bits per heavy atom. The molecule has 0 aliphatic heterocycles. The highest BCUT2D eigenvalue weighted by atomic mass is 19.1. The summed E-state index contributed by atoms with van der Waals surface area (Å²) in [6, 6.07) is 10.4. The number of carbonyl (C=O) groups excluding carboxylic acids is 2. The lowest BCUT2D eigenvalue weighted by Gasteiger charge is -2.19. The number of amides is 1. The Morgan fingerprint density at radius 1 is 1.10 bits per heavy atom. The van der Waals surface area contributed by atoms with Crippen molar-refractivity contribution in [1.82, 2.24) is 5.32 Å². The Bertz CT molecular complexity index is 897. The van der Waals surface area contributed by atoms with Crippen LogP contribution in [0.4, 0.5) is 4.39 Å². The third-order valence-corrected chi connectivity index (χ3v) is 4.36. The number of rotatable bonds is 10. The van der Waals surface area contributed by atoms with E-state index in [1.807, 2.05) is 0 Å². The van der Waals surface area contributed by atoms with Gasteiger partial charge in [-0.2, -0.15) is 0 Å². The molecule has 2 aromatic rings. The summed E-state index contributed by atoms with van der Waals surface area (Å²) in [7, 11) is 1.49. The lowest BCUT2D eigenvalue weighted by Crippen LogP contribution is -2.30. The maximum Gasteiger partial charge on any atom is 0.308 e. The van der Waals surface area contributed by atoms with Crippen LogP contribution in [-0.2, 0) is 19.1 Å². The first-order chi connectivity index (χ1) is 14.3. The molecule has 0 fully saturated rings. The molecule has 0 radical (unpaired) electrons. The van der Waals surface area contributed by atoms with Gasteiger partial charge in [0.2, 0.25) is 5.91 Å². The van der Waals surface area contributed by atoms with Crippen LogP contribution in [0, 0.1) is 5.82 Å².